The van der Waals surface area contributed by atoms with Gasteiger partial charge in [0.1, 0.15) is 11.3 Å². The minimum Gasteiger partial charge on any atom is -0.331 e. The van der Waals surface area contributed by atoms with Crippen LogP contribution in [0, 0.1) is 0 Å². The number of hydrogen-bond acceptors (Lipinski definition) is 3. The molecule has 3 rings (SSSR count). The summed E-state index contributed by atoms with van der Waals surface area (Å²) in [5, 5.41) is 0. The molecule has 0 amide bonds. The van der Waals surface area contributed by atoms with Crippen molar-refractivity contribution in [3.05, 3.63) is 24.3 Å². The van der Waals surface area contributed by atoms with Gasteiger partial charge in [0.05, 0.1) is 11.7 Å². The summed E-state index contributed by atoms with van der Waals surface area (Å²) in [5.74, 6) is 1.53. The molecule has 84 valence electrons. The second-order valence-corrected chi connectivity index (χ2v) is 4.59. The van der Waals surface area contributed by atoms with Gasteiger partial charge in [-0.2, -0.15) is 0 Å². The molecular weight excluding hydrogens is 200 g/mol. The van der Waals surface area contributed by atoms with Crippen LogP contribution in [0.15, 0.2) is 18.5 Å². The summed E-state index contributed by atoms with van der Waals surface area (Å²) in [7, 11) is 2.07. The Hall–Kier alpha value is -1.42. The minimum atomic E-state index is 0.267. The smallest absolute Gasteiger partial charge is 0.114 e. The van der Waals surface area contributed by atoms with E-state index in [-0.39, 0.29) is 6.04 Å². The van der Waals surface area contributed by atoms with E-state index in [0.29, 0.717) is 5.92 Å². The molecule has 1 fully saturated rings. The van der Waals surface area contributed by atoms with Crippen LogP contribution in [0.2, 0.25) is 0 Å². The van der Waals surface area contributed by atoms with Gasteiger partial charge in [0.25, 0.3) is 0 Å². The Kier molecular flexibility index (Phi) is 2.17. The van der Waals surface area contributed by atoms with Crippen molar-refractivity contribution in [1.82, 2.24) is 14.5 Å². The first-order valence-corrected chi connectivity index (χ1v) is 5.79. The highest BCUT2D eigenvalue weighted by Gasteiger charge is 2.29. The Bertz CT molecular complexity index is 517. The third kappa shape index (κ3) is 1.33. The maximum atomic E-state index is 6.13. The highest BCUT2D eigenvalue weighted by Crippen LogP contribution is 2.33. The molecule has 0 bridgehead atoms. The topological polar surface area (TPSA) is 56.7 Å². The number of pyridine rings is 1. The molecule has 2 aromatic heterocycles. The molecule has 2 aromatic rings. The molecule has 4 heteroatoms. The number of aromatic nitrogens is 3. The second kappa shape index (κ2) is 3.56. The summed E-state index contributed by atoms with van der Waals surface area (Å²) in [6.07, 6.45) is 7.12. The molecule has 2 N–H and O–H groups in total. The lowest BCUT2D eigenvalue weighted by Crippen LogP contribution is -2.24. The Labute approximate surface area is 94.5 Å². The van der Waals surface area contributed by atoms with Crippen molar-refractivity contribution in [2.24, 2.45) is 12.8 Å². The number of rotatable bonds is 1. The molecule has 0 saturated heterocycles. The van der Waals surface area contributed by atoms with Crippen LogP contribution in [-0.2, 0) is 7.05 Å². The Morgan fingerprint density at radius 3 is 3.00 bits per heavy atom. The summed E-state index contributed by atoms with van der Waals surface area (Å²) < 4.78 is 2.16. The van der Waals surface area contributed by atoms with Crippen molar-refractivity contribution in [3.8, 4) is 0 Å². The third-order valence-corrected chi connectivity index (χ3v) is 3.62. The van der Waals surface area contributed by atoms with Crippen LogP contribution < -0.4 is 5.73 Å². The number of imidazole rings is 1. The lowest BCUT2D eigenvalue weighted by molar-refractivity contribution is 0.565. The van der Waals surface area contributed by atoms with Crippen LogP contribution in [0.25, 0.3) is 11.0 Å². The van der Waals surface area contributed by atoms with Gasteiger partial charge in [-0.25, -0.2) is 4.98 Å². The van der Waals surface area contributed by atoms with Crippen LogP contribution in [0.5, 0.6) is 0 Å². The zero-order chi connectivity index (χ0) is 11.1. The second-order valence-electron chi connectivity index (χ2n) is 4.59. The van der Waals surface area contributed by atoms with Crippen molar-refractivity contribution in [2.45, 2.75) is 31.2 Å². The molecule has 0 spiro atoms. The largest absolute Gasteiger partial charge is 0.331 e. The number of nitrogens with two attached hydrogens (primary N) is 1. The zero-order valence-corrected chi connectivity index (χ0v) is 9.43. The van der Waals surface area contributed by atoms with Crippen LogP contribution >= 0.6 is 0 Å². The lowest BCUT2D eigenvalue weighted by Gasteiger charge is -2.14. The predicted octanol–water partition coefficient (Wildman–Crippen LogP) is 1.56. The Balaban J connectivity index is 2.13. The van der Waals surface area contributed by atoms with E-state index >= 15 is 0 Å². The molecule has 0 aliphatic heterocycles. The fourth-order valence-electron chi connectivity index (χ4n) is 2.71. The van der Waals surface area contributed by atoms with Gasteiger partial charge in [-0.1, -0.05) is 6.42 Å². The van der Waals surface area contributed by atoms with E-state index in [1.165, 1.54) is 6.42 Å². The number of fused-ring (bicyclic) bond motifs is 1. The van der Waals surface area contributed by atoms with E-state index in [2.05, 4.69) is 21.6 Å². The van der Waals surface area contributed by atoms with Gasteiger partial charge in [-0.05, 0) is 18.9 Å². The van der Waals surface area contributed by atoms with Gasteiger partial charge in [-0.15, -0.1) is 0 Å². The standard InChI is InChI=1S/C12H16N4/c1-16-11-5-6-14-7-10(11)15-12(16)8-3-2-4-9(8)13/h5-9H,2-4,13H2,1H3. The maximum absolute atomic E-state index is 6.13. The predicted molar refractivity (Wildman–Crippen MR) is 63.1 cm³/mol. The molecule has 1 aliphatic rings. The maximum Gasteiger partial charge on any atom is 0.114 e. The van der Waals surface area contributed by atoms with Gasteiger partial charge in [-0.3, -0.25) is 4.98 Å². The summed E-state index contributed by atoms with van der Waals surface area (Å²) in [6.45, 7) is 0. The van der Waals surface area contributed by atoms with Gasteiger partial charge in [0.2, 0.25) is 0 Å². The highest BCUT2D eigenvalue weighted by molar-refractivity contribution is 5.74. The number of aryl methyl sites for hydroxylation is 1. The molecule has 16 heavy (non-hydrogen) atoms. The molecule has 2 atom stereocenters. The van der Waals surface area contributed by atoms with Crippen molar-refractivity contribution in [1.29, 1.82) is 0 Å². The van der Waals surface area contributed by atoms with Gasteiger partial charge in [0.15, 0.2) is 0 Å². The summed E-state index contributed by atoms with van der Waals surface area (Å²) in [6, 6.07) is 2.27. The monoisotopic (exact) mass is 216 g/mol. The van der Waals surface area contributed by atoms with Crippen molar-refractivity contribution < 1.29 is 0 Å². The fourth-order valence-corrected chi connectivity index (χ4v) is 2.71. The van der Waals surface area contributed by atoms with Crippen molar-refractivity contribution >= 4 is 11.0 Å². The molecule has 2 unspecified atom stereocenters. The van der Waals surface area contributed by atoms with Crippen molar-refractivity contribution in [2.75, 3.05) is 0 Å². The number of hydrogen-bond donors (Lipinski definition) is 1. The molecule has 1 saturated carbocycles. The first kappa shape index (κ1) is 9.78. The molecule has 0 radical (unpaired) electrons. The van der Waals surface area contributed by atoms with E-state index in [1.807, 2.05) is 18.5 Å². The van der Waals surface area contributed by atoms with Crippen LogP contribution in [0.3, 0.4) is 0 Å². The van der Waals surface area contributed by atoms with Crippen LogP contribution in [-0.4, -0.2) is 20.6 Å². The number of nitrogens with zero attached hydrogens (tertiary/aromatic N) is 3. The van der Waals surface area contributed by atoms with Gasteiger partial charge < -0.3 is 10.3 Å². The van der Waals surface area contributed by atoms with E-state index in [4.69, 9.17) is 5.73 Å². The van der Waals surface area contributed by atoms with E-state index in [0.717, 1.165) is 29.7 Å². The molecule has 2 heterocycles. The normalized spacial score (nSPS) is 25.4. The zero-order valence-electron chi connectivity index (χ0n) is 9.43. The molecule has 1 aliphatic carbocycles. The minimum absolute atomic E-state index is 0.267. The van der Waals surface area contributed by atoms with Crippen LogP contribution in [0.4, 0.5) is 0 Å². The first-order valence-electron chi connectivity index (χ1n) is 5.79. The molecular formula is C12H16N4. The quantitative estimate of drug-likeness (QED) is 0.787. The Morgan fingerprint density at radius 2 is 2.31 bits per heavy atom. The fraction of sp³-hybridized carbons (Fsp3) is 0.500. The average molecular weight is 216 g/mol. The molecule has 0 aromatic carbocycles. The van der Waals surface area contributed by atoms with Crippen molar-refractivity contribution in [3.63, 3.8) is 0 Å². The SMILES string of the molecule is Cn1c(C2CCCC2N)nc2cnccc21. The van der Waals surface area contributed by atoms with E-state index in [9.17, 15) is 0 Å². The average Bonchev–Trinajstić information content (AvgIpc) is 2.84. The van der Waals surface area contributed by atoms with E-state index in [1.54, 1.807) is 0 Å². The Morgan fingerprint density at radius 1 is 1.44 bits per heavy atom. The lowest BCUT2D eigenvalue weighted by atomic mass is 10.0. The third-order valence-electron chi connectivity index (χ3n) is 3.62. The molecule has 4 nitrogen and oxygen atoms in total. The first-order chi connectivity index (χ1) is 7.77. The summed E-state index contributed by atoms with van der Waals surface area (Å²) in [5.41, 5.74) is 8.25. The van der Waals surface area contributed by atoms with E-state index < -0.39 is 0 Å². The van der Waals surface area contributed by atoms with Crippen LogP contribution in [0.1, 0.15) is 31.0 Å². The summed E-state index contributed by atoms with van der Waals surface area (Å²) in [4.78, 5) is 8.77. The van der Waals surface area contributed by atoms with Gasteiger partial charge in [0, 0.05) is 25.2 Å². The van der Waals surface area contributed by atoms with Gasteiger partial charge >= 0.3 is 0 Å². The highest BCUT2D eigenvalue weighted by atomic mass is 15.1. The summed E-state index contributed by atoms with van der Waals surface area (Å²) >= 11 is 0.